The Hall–Kier alpha value is -1.81. The molecule has 0 unspecified atom stereocenters. The quantitative estimate of drug-likeness (QED) is 0.905. The molecule has 0 bridgehead atoms. The molecular formula is C15H17ClFN3. The van der Waals surface area contributed by atoms with Gasteiger partial charge in [-0.2, -0.15) is 0 Å². The van der Waals surface area contributed by atoms with Crippen LogP contribution in [0, 0.1) is 5.82 Å². The Labute approximate surface area is 123 Å². The minimum atomic E-state index is -0.256. The summed E-state index contributed by atoms with van der Waals surface area (Å²) in [5, 5.41) is 3.72. The number of para-hydroxylation sites is 1. The molecule has 106 valence electrons. The van der Waals surface area contributed by atoms with Crippen molar-refractivity contribution in [1.82, 2.24) is 4.98 Å². The van der Waals surface area contributed by atoms with Crippen LogP contribution < -0.4 is 10.2 Å². The topological polar surface area (TPSA) is 28.2 Å². The predicted molar refractivity (Wildman–Crippen MR) is 81.9 cm³/mol. The summed E-state index contributed by atoms with van der Waals surface area (Å²) in [5.74, 6) is 0.516. The van der Waals surface area contributed by atoms with Gasteiger partial charge in [-0.05, 0) is 31.2 Å². The molecule has 3 nitrogen and oxygen atoms in total. The Morgan fingerprint density at radius 2 is 2.00 bits per heavy atom. The second kappa shape index (κ2) is 6.57. The van der Waals surface area contributed by atoms with Gasteiger partial charge in [0.25, 0.3) is 0 Å². The van der Waals surface area contributed by atoms with Gasteiger partial charge in [0.05, 0.1) is 22.9 Å². The Balaban J connectivity index is 2.21. The molecule has 0 spiro atoms. The maximum absolute atomic E-state index is 13.7. The number of pyridine rings is 1. The average Bonchev–Trinajstić information content (AvgIpc) is 2.43. The van der Waals surface area contributed by atoms with Gasteiger partial charge in [0.15, 0.2) is 0 Å². The molecule has 5 heteroatoms. The molecule has 0 aliphatic carbocycles. The number of nitrogens with one attached hydrogen (secondary N) is 1. The maximum atomic E-state index is 13.7. The fraction of sp³-hybridized carbons (Fsp3) is 0.267. The number of rotatable bonds is 5. The molecule has 0 radical (unpaired) electrons. The minimum absolute atomic E-state index is 0.256. The lowest BCUT2D eigenvalue weighted by Gasteiger charge is -2.20. The van der Waals surface area contributed by atoms with E-state index in [1.807, 2.05) is 20.0 Å². The standard InChI is InChI=1S/C15H17ClFN3/c1-3-18-15-9-8-11(16)13(19-15)10-20(2)14-7-5-4-6-12(14)17/h4-9H,3,10H2,1-2H3,(H,18,19). The van der Waals surface area contributed by atoms with E-state index in [0.717, 1.165) is 18.1 Å². The van der Waals surface area contributed by atoms with E-state index in [0.29, 0.717) is 17.3 Å². The summed E-state index contributed by atoms with van der Waals surface area (Å²) in [7, 11) is 1.82. The number of aromatic nitrogens is 1. The third-order valence-corrected chi connectivity index (χ3v) is 3.27. The van der Waals surface area contributed by atoms with Gasteiger partial charge in [0.2, 0.25) is 0 Å². The predicted octanol–water partition coefficient (Wildman–Crippen LogP) is 3.94. The first kappa shape index (κ1) is 14.6. The van der Waals surface area contributed by atoms with Gasteiger partial charge >= 0.3 is 0 Å². The molecular weight excluding hydrogens is 277 g/mol. The van der Waals surface area contributed by atoms with Crippen molar-refractivity contribution in [2.24, 2.45) is 0 Å². The fourth-order valence-electron chi connectivity index (χ4n) is 1.95. The van der Waals surface area contributed by atoms with Crippen LogP contribution >= 0.6 is 11.6 Å². The van der Waals surface area contributed by atoms with Crippen molar-refractivity contribution in [2.75, 3.05) is 23.8 Å². The molecule has 0 atom stereocenters. The number of benzene rings is 1. The highest BCUT2D eigenvalue weighted by molar-refractivity contribution is 6.31. The first-order chi connectivity index (χ1) is 9.61. The fourth-order valence-corrected chi connectivity index (χ4v) is 2.11. The van der Waals surface area contributed by atoms with Crippen LogP contribution in [0.5, 0.6) is 0 Å². The molecule has 0 aliphatic heterocycles. The van der Waals surface area contributed by atoms with Crippen molar-refractivity contribution in [3.63, 3.8) is 0 Å². The zero-order valence-corrected chi connectivity index (χ0v) is 12.3. The van der Waals surface area contributed by atoms with Gasteiger partial charge in [-0.25, -0.2) is 9.37 Å². The number of hydrogen-bond acceptors (Lipinski definition) is 3. The largest absolute Gasteiger partial charge is 0.370 e. The van der Waals surface area contributed by atoms with Gasteiger partial charge in [-0.15, -0.1) is 0 Å². The van der Waals surface area contributed by atoms with E-state index in [1.165, 1.54) is 6.07 Å². The highest BCUT2D eigenvalue weighted by Gasteiger charge is 2.11. The van der Waals surface area contributed by atoms with Crippen LogP contribution in [0.4, 0.5) is 15.9 Å². The van der Waals surface area contributed by atoms with Crippen molar-refractivity contribution in [2.45, 2.75) is 13.5 Å². The third kappa shape index (κ3) is 3.39. The lowest BCUT2D eigenvalue weighted by molar-refractivity contribution is 0.622. The van der Waals surface area contributed by atoms with Gasteiger partial charge < -0.3 is 10.2 Å². The summed E-state index contributed by atoms with van der Waals surface area (Å²) in [6.45, 7) is 3.23. The number of anilines is 2. The molecule has 2 rings (SSSR count). The maximum Gasteiger partial charge on any atom is 0.146 e. The van der Waals surface area contributed by atoms with Crippen molar-refractivity contribution < 1.29 is 4.39 Å². The van der Waals surface area contributed by atoms with Gasteiger partial charge in [-0.1, -0.05) is 23.7 Å². The zero-order chi connectivity index (χ0) is 14.5. The first-order valence-electron chi connectivity index (χ1n) is 6.46. The molecule has 0 amide bonds. The second-order valence-corrected chi connectivity index (χ2v) is 4.87. The van der Waals surface area contributed by atoms with Gasteiger partial charge in [-0.3, -0.25) is 0 Å². The highest BCUT2D eigenvalue weighted by Crippen LogP contribution is 2.22. The van der Waals surface area contributed by atoms with E-state index in [-0.39, 0.29) is 5.82 Å². The van der Waals surface area contributed by atoms with Crippen molar-refractivity contribution in [3.8, 4) is 0 Å². The summed E-state index contributed by atoms with van der Waals surface area (Å²) in [4.78, 5) is 6.24. The molecule has 0 fully saturated rings. The van der Waals surface area contributed by atoms with Crippen molar-refractivity contribution >= 4 is 23.1 Å². The molecule has 2 aromatic rings. The molecule has 0 saturated heterocycles. The minimum Gasteiger partial charge on any atom is -0.370 e. The van der Waals surface area contributed by atoms with Gasteiger partial charge in [0.1, 0.15) is 11.6 Å². The highest BCUT2D eigenvalue weighted by atomic mass is 35.5. The van der Waals surface area contributed by atoms with E-state index in [2.05, 4.69) is 10.3 Å². The summed E-state index contributed by atoms with van der Waals surface area (Å²) in [5.41, 5.74) is 1.25. The van der Waals surface area contributed by atoms with E-state index < -0.39 is 0 Å². The number of hydrogen-bond donors (Lipinski definition) is 1. The monoisotopic (exact) mass is 293 g/mol. The lowest BCUT2D eigenvalue weighted by Crippen LogP contribution is -2.19. The summed E-state index contributed by atoms with van der Waals surface area (Å²) in [6, 6.07) is 10.3. The zero-order valence-electron chi connectivity index (χ0n) is 11.5. The summed E-state index contributed by atoms with van der Waals surface area (Å²) < 4.78 is 13.7. The molecule has 1 aromatic heterocycles. The van der Waals surface area contributed by atoms with E-state index in [9.17, 15) is 4.39 Å². The van der Waals surface area contributed by atoms with Crippen LogP contribution in [0.1, 0.15) is 12.6 Å². The Morgan fingerprint density at radius 1 is 1.25 bits per heavy atom. The van der Waals surface area contributed by atoms with Crippen LogP contribution in [0.15, 0.2) is 36.4 Å². The smallest absolute Gasteiger partial charge is 0.146 e. The van der Waals surface area contributed by atoms with Crippen LogP contribution in [0.2, 0.25) is 5.02 Å². The SMILES string of the molecule is CCNc1ccc(Cl)c(CN(C)c2ccccc2F)n1. The normalized spacial score (nSPS) is 10.4. The number of nitrogens with zero attached hydrogens (tertiary/aromatic N) is 2. The summed E-state index contributed by atoms with van der Waals surface area (Å²) >= 11 is 6.16. The lowest BCUT2D eigenvalue weighted by atomic mass is 10.2. The Bertz CT molecular complexity index is 589. The van der Waals surface area contributed by atoms with Crippen LogP contribution in [-0.2, 0) is 6.54 Å². The molecule has 0 aliphatic rings. The first-order valence-corrected chi connectivity index (χ1v) is 6.84. The van der Waals surface area contributed by atoms with E-state index >= 15 is 0 Å². The molecule has 1 heterocycles. The average molecular weight is 294 g/mol. The molecule has 0 saturated carbocycles. The number of halogens is 2. The van der Waals surface area contributed by atoms with E-state index in [1.54, 1.807) is 29.2 Å². The Morgan fingerprint density at radius 3 is 2.70 bits per heavy atom. The Kier molecular flexibility index (Phi) is 4.79. The van der Waals surface area contributed by atoms with Crippen molar-refractivity contribution in [1.29, 1.82) is 0 Å². The molecule has 1 N–H and O–H groups in total. The molecule has 20 heavy (non-hydrogen) atoms. The molecule has 1 aromatic carbocycles. The second-order valence-electron chi connectivity index (χ2n) is 4.46. The van der Waals surface area contributed by atoms with Gasteiger partial charge in [0, 0.05) is 13.6 Å². The van der Waals surface area contributed by atoms with Crippen LogP contribution in [-0.4, -0.2) is 18.6 Å². The van der Waals surface area contributed by atoms with Crippen LogP contribution in [0.3, 0.4) is 0 Å². The third-order valence-electron chi connectivity index (χ3n) is 2.93. The summed E-state index contributed by atoms with van der Waals surface area (Å²) in [6.07, 6.45) is 0. The van der Waals surface area contributed by atoms with Crippen molar-refractivity contribution in [3.05, 3.63) is 52.9 Å². The van der Waals surface area contributed by atoms with E-state index in [4.69, 9.17) is 11.6 Å². The van der Waals surface area contributed by atoms with Crippen LogP contribution in [0.25, 0.3) is 0 Å².